The first-order valence-electron chi connectivity index (χ1n) is 9.09. The molecule has 6 nitrogen and oxygen atoms in total. The van der Waals surface area contributed by atoms with Crippen LogP contribution in [0.5, 0.6) is 11.5 Å². The summed E-state index contributed by atoms with van der Waals surface area (Å²) in [6.07, 6.45) is 1.44. The van der Waals surface area contributed by atoms with Gasteiger partial charge in [0.15, 0.2) is 11.5 Å². The van der Waals surface area contributed by atoms with Gasteiger partial charge < -0.3 is 9.47 Å². The van der Waals surface area contributed by atoms with Crippen LogP contribution < -0.4 is 14.9 Å². The van der Waals surface area contributed by atoms with Gasteiger partial charge in [-0.15, -0.1) is 0 Å². The highest BCUT2D eigenvalue weighted by atomic mass is 35.5. The number of halogens is 2. The molecule has 8 heteroatoms. The van der Waals surface area contributed by atoms with Gasteiger partial charge in [0.25, 0.3) is 5.91 Å². The number of methoxy groups -OCH3 is 1. The lowest BCUT2D eigenvalue weighted by molar-refractivity contribution is 0.0955. The average molecular weight is 454 g/mol. The van der Waals surface area contributed by atoms with Gasteiger partial charge in [-0.2, -0.15) is 10.4 Å². The van der Waals surface area contributed by atoms with Gasteiger partial charge in [0.2, 0.25) is 0 Å². The van der Waals surface area contributed by atoms with Gasteiger partial charge in [0.1, 0.15) is 6.61 Å². The maximum absolute atomic E-state index is 12.1. The zero-order chi connectivity index (χ0) is 22.2. The van der Waals surface area contributed by atoms with Crippen LogP contribution in [0.2, 0.25) is 10.0 Å². The predicted octanol–water partition coefficient (Wildman–Crippen LogP) is 5.22. The molecule has 0 aromatic heterocycles. The molecule has 0 fully saturated rings. The van der Waals surface area contributed by atoms with Crippen molar-refractivity contribution < 1.29 is 14.3 Å². The maximum atomic E-state index is 12.1. The van der Waals surface area contributed by atoms with E-state index in [-0.39, 0.29) is 12.5 Å². The Bertz CT molecular complexity index is 1160. The highest BCUT2D eigenvalue weighted by Crippen LogP contribution is 2.36. The number of hydrogen-bond donors (Lipinski definition) is 1. The largest absolute Gasteiger partial charge is 0.493 e. The van der Waals surface area contributed by atoms with E-state index in [9.17, 15) is 10.1 Å². The molecule has 3 aromatic carbocycles. The van der Waals surface area contributed by atoms with E-state index in [1.54, 1.807) is 48.5 Å². The predicted molar refractivity (Wildman–Crippen MR) is 120 cm³/mol. The molecule has 1 amide bonds. The van der Waals surface area contributed by atoms with Crippen LogP contribution in [0.1, 0.15) is 27.0 Å². The van der Waals surface area contributed by atoms with Crippen molar-refractivity contribution >= 4 is 35.3 Å². The van der Waals surface area contributed by atoms with Crippen molar-refractivity contribution in [2.45, 2.75) is 6.61 Å². The number of carbonyl (C=O) groups excluding carboxylic acids is 1. The molecule has 0 saturated heterocycles. The average Bonchev–Trinajstić information content (AvgIpc) is 2.78. The molecular formula is C23H17Cl2N3O3. The van der Waals surface area contributed by atoms with E-state index >= 15 is 0 Å². The van der Waals surface area contributed by atoms with Crippen LogP contribution in [-0.2, 0) is 6.61 Å². The third-order valence-electron chi connectivity index (χ3n) is 4.25. The first kappa shape index (κ1) is 22.2. The number of benzene rings is 3. The normalized spacial score (nSPS) is 10.5. The van der Waals surface area contributed by atoms with Gasteiger partial charge in [0, 0.05) is 16.1 Å². The lowest BCUT2D eigenvalue weighted by atomic mass is 10.1. The lowest BCUT2D eigenvalue weighted by Crippen LogP contribution is -2.17. The van der Waals surface area contributed by atoms with Crippen molar-refractivity contribution in [3.63, 3.8) is 0 Å². The van der Waals surface area contributed by atoms with E-state index in [2.05, 4.69) is 16.6 Å². The molecule has 156 valence electrons. The smallest absolute Gasteiger partial charge is 0.271 e. The van der Waals surface area contributed by atoms with Gasteiger partial charge in [-0.3, -0.25) is 4.79 Å². The number of hydrazone groups is 1. The molecule has 0 spiro atoms. The molecule has 0 aliphatic rings. The number of carbonyl (C=O) groups is 1. The van der Waals surface area contributed by atoms with E-state index in [1.165, 1.54) is 13.3 Å². The molecule has 0 radical (unpaired) electrons. The SMILES string of the molecule is COc1cc(/C=N\NC(=O)c2ccc(Cl)cc2)cc(Cl)c1OCc1ccccc1C#N. The first-order chi connectivity index (χ1) is 15.0. The molecule has 0 aliphatic heterocycles. The number of hydrogen-bond acceptors (Lipinski definition) is 5. The summed E-state index contributed by atoms with van der Waals surface area (Å²) in [6, 6.07) is 19.0. The molecule has 3 aromatic rings. The number of nitrogens with zero attached hydrogens (tertiary/aromatic N) is 2. The van der Waals surface area contributed by atoms with Crippen LogP contribution in [0.15, 0.2) is 65.8 Å². The third kappa shape index (κ3) is 5.76. The summed E-state index contributed by atoms with van der Waals surface area (Å²) >= 11 is 12.2. The fourth-order valence-electron chi connectivity index (χ4n) is 2.69. The fraction of sp³-hybridized carbons (Fsp3) is 0.0870. The zero-order valence-corrected chi connectivity index (χ0v) is 17.9. The van der Waals surface area contributed by atoms with Crippen LogP contribution in [0.25, 0.3) is 0 Å². The summed E-state index contributed by atoms with van der Waals surface area (Å²) in [5.41, 5.74) is 4.73. The van der Waals surface area contributed by atoms with E-state index < -0.39 is 0 Å². The summed E-state index contributed by atoms with van der Waals surface area (Å²) in [7, 11) is 1.49. The summed E-state index contributed by atoms with van der Waals surface area (Å²) in [6.45, 7) is 0.157. The van der Waals surface area contributed by atoms with Crippen molar-refractivity contribution in [1.29, 1.82) is 5.26 Å². The number of amides is 1. The molecule has 0 unspecified atom stereocenters. The zero-order valence-electron chi connectivity index (χ0n) is 16.4. The van der Waals surface area contributed by atoms with Crippen LogP contribution in [-0.4, -0.2) is 19.2 Å². The van der Waals surface area contributed by atoms with Gasteiger partial charge in [-0.25, -0.2) is 5.43 Å². The highest BCUT2D eigenvalue weighted by Gasteiger charge is 2.13. The Balaban J connectivity index is 1.71. The molecule has 0 atom stereocenters. The van der Waals surface area contributed by atoms with Crippen molar-refractivity contribution in [3.8, 4) is 17.6 Å². The summed E-state index contributed by atoms with van der Waals surface area (Å²) in [5.74, 6) is 0.369. The van der Waals surface area contributed by atoms with Crippen LogP contribution in [0, 0.1) is 11.3 Å². The Hall–Kier alpha value is -3.53. The standard InChI is InChI=1S/C23H17Cl2N3O3/c1-30-21-11-15(13-27-28-23(29)16-6-8-19(24)9-7-16)10-20(25)22(21)31-14-18-5-3-2-4-17(18)12-26/h2-11,13H,14H2,1H3,(H,28,29)/b27-13-. The van der Waals surface area contributed by atoms with Crippen molar-refractivity contribution in [2.24, 2.45) is 5.10 Å². The topological polar surface area (TPSA) is 83.7 Å². The highest BCUT2D eigenvalue weighted by molar-refractivity contribution is 6.32. The van der Waals surface area contributed by atoms with Gasteiger partial charge >= 0.3 is 0 Å². The minimum atomic E-state index is -0.373. The molecule has 31 heavy (non-hydrogen) atoms. The molecule has 0 bridgehead atoms. The Morgan fingerprint density at radius 3 is 2.61 bits per heavy atom. The van der Waals surface area contributed by atoms with Crippen molar-refractivity contribution in [2.75, 3.05) is 7.11 Å². The van der Waals surface area contributed by atoms with E-state index in [4.69, 9.17) is 32.7 Å². The second kappa shape index (κ2) is 10.5. The number of nitrogens with one attached hydrogen (secondary N) is 1. The summed E-state index contributed by atoms with van der Waals surface area (Å²) < 4.78 is 11.2. The molecule has 0 heterocycles. The summed E-state index contributed by atoms with van der Waals surface area (Å²) in [4.78, 5) is 12.1. The van der Waals surface area contributed by atoms with Crippen molar-refractivity contribution in [3.05, 3.63) is 93.0 Å². The minimum Gasteiger partial charge on any atom is -0.493 e. The molecular weight excluding hydrogens is 437 g/mol. The number of rotatable bonds is 7. The van der Waals surface area contributed by atoms with Crippen LogP contribution in [0.4, 0.5) is 0 Å². The lowest BCUT2D eigenvalue weighted by Gasteiger charge is -2.14. The maximum Gasteiger partial charge on any atom is 0.271 e. The molecule has 1 N–H and O–H groups in total. The molecule has 0 saturated carbocycles. The minimum absolute atomic E-state index is 0.157. The Morgan fingerprint density at radius 1 is 1.16 bits per heavy atom. The quantitative estimate of drug-likeness (QED) is 0.392. The van der Waals surface area contributed by atoms with Crippen LogP contribution in [0.3, 0.4) is 0 Å². The van der Waals surface area contributed by atoms with E-state index in [1.807, 2.05) is 12.1 Å². The van der Waals surface area contributed by atoms with Gasteiger partial charge in [-0.1, -0.05) is 41.4 Å². The van der Waals surface area contributed by atoms with Crippen LogP contribution >= 0.6 is 23.2 Å². The van der Waals surface area contributed by atoms with Gasteiger partial charge in [-0.05, 0) is 48.0 Å². The Kier molecular flexibility index (Phi) is 7.50. The Labute approximate surface area is 189 Å². The number of nitriles is 1. The van der Waals surface area contributed by atoms with E-state index in [0.29, 0.717) is 38.2 Å². The number of ether oxygens (including phenoxy) is 2. The van der Waals surface area contributed by atoms with Crippen molar-refractivity contribution in [1.82, 2.24) is 5.43 Å². The van der Waals surface area contributed by atoms with E-state index in [0.717, 1.165) is 5.56 Å². The first-order valence-corrected chi connectivity index (χ1v) is 9.84. The Morgan fingerprint density at radius 2 is 1.90 bits per heavy atom. The second-order valence-electron chi connectivity index (χ2n) is 6.30. The summed E-state index contributed by atoms with van der Waals surface area (Å²) in [5, 5.41) is 14.0. The monoisotopic (exact) mass is 453 g/mol. The second-order valence-corrected chi connectivity index (χ2v) is 7.14. The third-order valence-corrected chi connectivity index (χ3v) is 4.78. The fourth-order valence-corrected chi connectivity index (χ4v) is 3.09. The molecule has 3 rings (SSSR count). The molecule has 0 aliphatic carbocycles. The van der Waals surface area contributed by atoms with Gasteiger partial charge in [0.05, 0.1) is 30.0 Å².